The number of aliphatic imine (C=N–C) groups is 1. The van der Waals surface area contributed by atoms with Crippen molar-refractivity contribution in [3.05, 3.63) is 11.8 Å². The zero-order valence-corrected chi connectivity index (χ0v) is 14.0. The maximum atomic E-state index is 4.53. The molecule has 0 spiro atoms. The predicted molar refractivity (Wildman–Crippen MR) is 88.6 cm³/mol. The van der Waals surface area contributed by atoms with Crippen LogP contribution in [-0.4, -0.2) is 21.6 Å². The van der Waals surface area contributed by atoms with E-state index in [-0.39, 0.29) is 0 Å². The molecule has 0 fully saturated rings. The molecule has 1 atom stereocenters. The standard InChI is InChI=1S/C16H33NSi/c1-4-7-8-9-10-12-17-13-11-16-18(14-5-2)15-6-3/h5,13-14,18H,4,6-12,15-16H2,1-3H3. The highest BCUT2D eigenvalue weighted by atomic mass is 28.3. The van der Waals surface area contributed by atoms with E-state index in [1.807, 2.05) is 0 Å². The van der Waals surface area contributed by atoms with Crippen LogP contribution < -0.4 is 0 Å². The van der Waals surface area contributed by atoms with Crippen LogP contribution in [0.25, 0.3) is 0 Å². The van der Waals surface area contributed by atoms with Gasteiger partial charge in [-0.3, -0.25) is 4.99 Å². The summed E-state index contributed by atoms with van der Waals surface area (Å²) in [6.07, 6.45) is 13.7. The Labute approximate surface area is 116 Å². The lowest BCUT2D eigenvalue weighted by molar-refractivity contribution is 0.639. The molecule has 0 aromatic heterocycles. The molecule has 0 heterocycles. The van der Waals surface area contributed by atoms with Crippen LogP contribution in [-0.2, 0) is 0 Å². The monoisotopic (exact) mass is 267 g/mol. The molecule has 1 nitrogen and oxygen atoms in total. The normalized spacial score (nSPS) is 13.7. The van der Waals surface area contributed by atoms with Gasteiger partial charge in [-0.05, 0) is 26.0 Å². The Balaban J connectivity index is 3.44. The van der Waals surface area contributed by atoms with Gasteiger partial charge in [0.25, 0.3) is 0 Å². The van der Waals surface area contributed by atoms with Gasteiger partial charge in [0, 0.05) is 6.54 Å². The van der Waals surface area contributed by atoms with Crippen molar-refractivity contribution < 1.29 is 0 Å². The molecule has 0 saturated carbocycles. The van der Waals surface area contributed by atoms with Crippen molar-refractivity contribution in [2.75, 3.05) is 6.54 Å². The lowest BCUT2D eigenvalue weighted by Gasteiger charge is -2.06. The van der Waals surface area contributed by atoms with Crippen molar-refractivity contribution >= 4 is 15.0 Å². The third-order valence-electron chi connectivity index (χ3n) is 3.31. The van der Waals surface area contributed by atoms with Gasteiger partial charge in [0.15, 0.2) is 0 Å². The van der Waals surface area contributed by atoms with Crippen LogP contribution in [0, 0.1) is 0 Å². The van der Waals surface area contributed by atoms with Gasteiger partial charge < -0.3 is 0 Å². The van der Waals surface area contributed by atoms with Crippen LogP contribution in [0.4, 0.5) is 0 Å². The van der Waals surface area contributed by atoms with E-state index in [1.54, 1.807) is 0 Å². The van der Waals surface area contributed by atoms with Gasteiger partial charge in [-0.15, -0.1) is 5.70 Å². The fraction of sp³-hybridized carbons (Fsp3) is 0.812. The minimum atomic E-state index is -0.580. The molecule has 0 aliphatic rings. The van der Waals surface area contributed by atoms with E-state index in [1.165, 1.54) is 57.0 Å². The van der Waals surface area contributed by atoms with Crippen molar-refractivity contribution in [3.63, 3.8) is 0 Å². The molecule has 0 amide bonds. The molecule has 0 radical (unpaired) electrons. The van der Waals surface area contributed by atoms with Gasteiger partial charge >= 0.3 is 0 Å². The Morgan fingerprint density at radius 1 is 0.944 bits per heavy atom. The Morgan fingerprint density at radius 3 is 2.39 bits per heavy atom. The highest BCUT2D eigenvalue weighted by Gasteiger charge is 2.03. The molecule has 0 saturated heterocycles. The number of hydrogen-bond donors (Lipinski definition) is 0. The second-order valence-corrected chi connectivity index (χ2v) is 8.21. The molecule has 0 rings (SSSR count). The summed E-state index contributed by atoms with van der Waals surface area (Å²) in [5, 5.41) is 0. The predicted octanol–water partition coefficient (Wildman–Crippen LogP) is 5.17. The number of rotatable bonds is 12. The SMILES string of the molecule is CC=C[SiH](CCC)CCC=NCCCCCCC. The topological polar surface area (TPSA) is 12.4 Å². The maximum Gasteiger partial charge on any atom is 0.0614 e. The lowest BCUT2D eigenvalue weighted by Crippen LogP contribution is -2.08. The molecular weight excluding hydrogens is 234 g/mol. The number of unbranched alkanes of at least 4 members (excludes halogenated alkanes) is 4. The average molecular weight is 268 g/mol. The van der Waals surface area contributed by atoms with E-state index in [0.717, 1.165) is 6.54 Å². The first-order valence-electron chi connectivity index (χ1n) is 7.96. The zero-order chi connectivity index (χ0) is 13.5. The minimum Gasteiger partial charge on any atom is -0.298 e. The van der Waals surface area contributed by atoms with Gasteiger partial charge in [0.1, 0.15) is 0 Å². The molecular formula is C16H33NSi. The van der Waals surface area contributed by atoms with E-state index in [2.05, 4.69) is 43.8 Å². The van der Waals surface area contributed by atoms with Crippen molar-refractivity contribution in [2.45, 2.75) is 77.8 Å². The quantitative estimate of drug-likeness (QED) is 0.263. The fourth-order valence-electron chi connectivity index (χ4n) is 2.26. The smallest absolute Gasteiger partial charge is 0.0614 e. The summed E-state index contributed by atoms with van der Waals surface area (Å²) in [5.74, 6) is 0. The first kappa shape index (κ1) is 17.6. The third-order valence-corrected chi connectivity index (χ3v) is 6.63. The van der Waals surface area contributed by atoms with Gasteiger partial charge in [0.05, 0.1) is 8.80 Å². The van der Waals surface area contributed by atoms with Crippen LogP contribution in [0.1, 0.15) is 65.7 Å². The Hall–Kier alpha value is -0.373. The van der Waals surface area contributed by atoms with Gasteiger partial charge in [-0.1, -0.05) is 64.1 Å². The summed E-state index contributed by atoms with van der Waals surface area (Å²) in [7, 11) is -0.580. The molecule has 0 N–H and O–H groups in total. The van der Waals surface area contributed by atoms with Crippen LogP contribution in [0.15, 0.2) is 16.8 Å². The van der Waals surface area contributed by atoms with Gasteiger partial charge in [-0.2, -0.15) is 0 Å². The molecule has 1 unspecified atom stereocenters. The second kappa shape index (κ2) is 14.7. The van der Waals surface area contributed by atoms with E-state index < -0.39 is 8.80 Å². The van der Waals surface area contributed by atoms with Crippen molar-refractivity contribution in [2.24, 2.45) is 4.99 Å². The maximum absolute atomic E-state index is 4.53. The first-order valence-corrected chi connectivity index (χ1v) is 10.3. The zero-order valence-electron chi connectivity index (χ0n) is 12.8. The summed E-state index contributed by atoms with van der Waals surface area (Å²) >= 11 is 0. The van der Waals surface area contributed by atoms with Crippen molar-refractivity contribution in [1.82, 2.24) is 0 Å². The van der Waals surface area contributed by atoms with Gasteiger partial charge in [-0.25, -0.2) is 0 Å². The highest BCUT2D eigenvalue weighted by Crippen LogP contribution is 2.07. The summed E-state index contributed by atoms with van der Waals surface area (Å²) in [4.78, 5) is 4.53. The Kier molecular flexibility index (Phi) is 14.4. The van der Waals surface area contributed by atoms with Gasteiger partial charge in [0.2, 0.25) is 0 Å². The molecule has 0 aliphatic carbocycles. The largest absolute Gasteiger partial charge is 0.298 e. The lowest BCUT2D eigenvalue weighted by atomic mass is 10.2. The molecule has 106 valence electrons. The molecule has 0 aromatic carbocycles. The molecule has 0 bridgehead atoms. The number of nitrogens with zero attached hydrogens (tertiary/aromatic N) is 1. The summed E-state index contributed by atoms with van der Waals surface area (Å²) in [6.45, 7) is 7.76. The number of hydrogen-bond acceptors (Lipinski definition) is 1. The van der Waals surface area contributed by atoms with E-state index in [0.29, 0.717) is 0 Å². The summed E-state index contributed by atoms with van der Waals surface area (Å²) in [6, 6.07) is 2.85. The van der Waals surface area contributed by atoms with Crippen LogP contribution in [0.5, 0.6) is 0 Å². The Morgan fingerprint density at radius 2 is 1.72 bits per heavy atom. The van der Waals surface area contributed by atoms with E-state index >= 15 is 0 Å². The average Bonchev–Trinajstić information content (AvgIpc) is 2.37. The minimum absolute atomic E-state index is 0.580. The van der Waals surface area contributed by atoms with Crippen molar-refractivity contribution in [1.29, 1.82) is 0 Å². The van der Waals surface area contributed by atoms with Crippen LogP contribution in [0.3, 0.4) is 0 Å². The third kappa shape index (κ3) is 12.1. The van der Waals surface area contributed by atoms with Crippen molar-refractivity contribution in [3.8, 4) is 0 Å². The van der Waals surface area contributed by atoms with E-state index in [9.17, 15) is 0 Å². The first-order chi connectivity index (χ1) is 8.85. The highest BCUT2D eigenvalue weighted by molar-refractivity contribution is 6.64. The second-order valence-electron chi connectivity index (χ2n) is 5.15. The molecule has 2 heteroatoms. The molecule has 0 aromatic rings. The van der Waals surface area contributed by atoms with Crippen LogP contribution >= 0.6 is 0 Å². The fourth-order valence-corrected chi connectivity index (χ4v) is 4.79. The summed E-state index contributed by atoms with van der Waals surface area (Å²) < 4.78 is 0. The summed E-state index contributed by atoms with van der Waals surface area (Å²) in [5.41, 5.74) is 2.49. The van der Waals surface area contributed by atoms with Crippen LogP contribution in [0.2, 0.25) is 12.1 Å². The Bertz CT molecular complexity index is 211. The molecule has 0 aliphatic heterocycles. The molecule has 18 heavy (non-hydrogen) atoms. The number of allylic oxidation sites excluding steroid dienone is 1. The van der Waals surface area contributed by atoms with E-state index in [4.69, 9.17) is 0 Å².